The summed E-state index contributed by atoms with van der Waals surface area (Å²) in [7, 11) is 0. The average molecular weight is 507 g/mol. The van der Waals surface area contributed by atoms with Crippen molar-refractivity contribution in [3.05, 3.63) is 110 Å². The van der Waals surface area contributed by atoms with Gasteiger partial charge in [-0.3, -0.25) is 9.59 Å². The number of Topliss-reactive ketones (excluding diaryl/α,β-unsaturated/α-hetero) is 1. The maximum Gasteiger partial charge on any atom is 0.338 e. The lowest BCUT2D eigenvalue weighted by atomic mass is 9.94. The Morgan fingerprint density at radius 1 is 0.857 bits per heavy atom. The molecule has 0 saturated heterocycles. The molecule has 0 aliphatic carbocycles. The lowest BCUT2D eigenvalue weighted by molar-refractivity contribution is 0.0485. The predicted molar refractivity (Wildman–Crippen MR) is 136 cm³/mol. The number of aromatic nitrogens is 2. The first-order valence-electron chi connectivity index (χ1n) is 10.7. The van der Waals surface area contributed by atoms with E-state index < -0.39 is 17.3 Å². The third-order valence-electron chi connectivity index (χ3n) is 5.30. The molecular weight excluding hydrogens is 487 g/mol. The maximum absolute atomic E-state index is 13.3. The van der Waals surface area contributed by atoms with E-state index in [4.69, 9.17) is 27.9 Å². The Morgan fingerprint density at radius 3 is 2.00 bits per heavy atom. The standard InChI is InChI=1S/C27H20Cl2N2O4/c1-17(32)23-24(18-7-11-21(28)12-8-18)25(19-9-13-22(29)14-10-19)30-31(26(23)33)15-16-35-27(34)20-5-3-2-4-6-20/h2-14H,15-16H2,1H3. The number of ether oxygens (including phenoxy) is 1. The fraction of sp³-hybridized carbons (Fsp3) is 0.111. The van der Waals surface area contributed by atoms with Gasteiger partial charge in [-0.05, 0) is 48.9 Å². The molecule has 0 aliphatic rings. The summed E-state index contributed by atoms with van der Waals surface area (Å²) in [6.45, 7) is 1.21. The number of carbonyl (C=O) groups is 2. The molecule has 0 unspecified atom stereocenters. The van der Waals surface area contributed by atoms with Crippen LogP contribution < -0.4 is 5.56 Å². The first-order chi connectivity index (χ1) is 16.8. The third-order valence-corrected chi connectivity index (χ3v) is 5.81. The molecule has 0 bridgehead atoms. The van der Waals surface area contributed by atoms with E-state index in [9.17, 15) is 14.4 Å². The molecule has 176 valence electrons. The van der Waals surface area contributed by atoms with Gasteiger partial charge in [-0.2, -0.15) is 5.10 Å². The van der Waals surface area contributed by atoms with Gasteiger partial charge in [-0.1, -0.05) is 65.7 Å². The normalized spacial score (nSPS) is 10.7. The summed E-state index contributed by atoms with van der Waals surface area (Å²) in [5, 5.41) is 5.63. The van der Waals surface area contributed by atoms with Gasteiger partial charge >= 0.3 is 5.97 Å². The molecule has 3 aromatic carbocycles. The second-order valence-corrected chi connectivity index (χ2v) is 8.57. The molecule has 8 heteroatoms. The van der Waals surface area contributed by atoms with Crippen LogP contribution in [0.15, 0.2) is 83.7 Å². The second kappa shape index (κ2) is 10.7. The van der Waals surface area contributed by atoms with E-state index in [1.165, 1.54) is 6.92 Å². The summed E-state index contributed by atoms with van der Waals surface area (Å²) in [5.74, 6) is -0.922. The fourth-order valence-corrected chi connectivity index (χ4v) is 3.89. The molecule has 1 heterocycles. The largest absolute Gasteiger partial charge is 0.460 e. The molecular formula is C27H20Cl2N2O4. The quantitative estimate of drug-likeness (QED) is 0.228. The van der Waals surface area contributed by atoms with Gasteiger partial charge in [-0.15, -0.1) is 0 Å². The smallest absolute Gasteiger partial charge is 0.338 e. The van der Waals surface area contributed by atoms with Crippen LogP contribution in [0.2, 0.25) is 10.0 Å². The molecule has 0 N–H and O–H groups in total. The monoisotopic (exact) mass is 506 g/mol. The van der Waals surface area contributed by atoms with Gasteiger partial charge in [0.05, 0.1) is 23.4 Å². The van der Waals surface area contributed by atoms with E-state index in [1.807, 2.05) is 0 Å². The van der Waals surface area contributed by atoms with Gasteiger partial charge in [0.15, 0.2) is 5.78 Å². The highest BCUT2D eigenvalue weighted by Crippen LogP contribution is 2.33. The van der Waals surface area contributed by atoms with Crippen molar-refractivity contribution in [2.75, 3.05) is 6.61 Å². The van der Waals surface area contributed by atoms with E-state index in [2.05, 4.69) is 5.10 Å². The van der Waals surface area contributed by atoms with Crippen LogP contribution in [0.3, 0.4) is 0 Å². The minimum Gasteiger partial charge on any atom is -0.460 e. The van der Waals surface area contributed by atoms with Gasteiger partial charge in [0, 0.05) is 21.2 Å². The molecule has 4 rings (SSSR count). The maximum atomic E-state index is 13.3. The Balaban J connectivity index is 1.78. The highest BCUT2D eigenvalue weighted by Gasteiger charge is 2.23. The van der Waals surface area contributed by atoms with Crippen LogP contribution in [0.5, 0.6) is 0 Å². The number of rotatable bonds is 7. The van der Waals surface area contributed by atoms with Crippen LogP contribution in [-0.2, 0) is 11.3 Å². The van der Waals surface area contributed by atoms with Crippen molar-refractivity contribution in [2.45, 2.75) is 13.5 Å². The zero-order chi connectivity index (χ0) is 24.9. The van der Waals surface area contributed by atoms with Crippen LogP contribution in [0.1, 0.15) is 27.6 Å². The van der Waals surface area contributed by atoms with Crippen LogP contribution in [-0.4, -0.2) is 28.1 Å². The van der Waals surface area contributed by atoms with E-state index in [-0.39, 0.29) is 18.7 Å². The summed E-state index contributed by atoms with van der Waals surface area (Å²) in [6.07, 6.45) is 0. The predicted octanol–water partition coefficient (Wildman–Crippen LogP) is 5.94. The summed E-state index contributed by atoms with van der Waals surface area (Å²) < 4.78 is 6.47. The van der Waals surface area contributed by atoms with Crippen molar-refractivity contribution in [3.8, 4) is 22.4 Å². The highest BCUT2D eigenvalue weighted by atomic mass is 35.5. The van der Waals surface area contributed by atoms with Crippen molar-refractivity contribution in [1.29, 1.82) is 0 Å². The SMILES string of the molecule is CC(=O)c1c(-c2ccc(Cl)cc2)c(-c2ccc(Cl)cc2)nn(CCOC(=O)c2ccccc2)c1=O. The number of hydrogen-bond acceptors (Lipinski definition) is 5. The van der Waals surface area contributed by atoms with Gasteiger partial charge in [0.1, 0.15) is 6.61 Å². The third kappa shape index (κ3) is 5.50. The van der Waals surface area contributed by atoms with Crippen molar-refractivity contribution < 1.29 is 14.3 Å². The summed E-state index contributed by atoms with van der Waals surface area (Å²) in [5.41, 5.74) is 1.92. The fourth-order valence-electron chi connectivity index (χ4n) is 3.64. The number of carbonyl (C=O) groups excluding carboxylic acids is 2. The molecule has 6 nitrogen and oxygen atoms in total. The molecule has 0 saturated carbocycles. The average Bonchev–Trinajstić information content (AvgIpc) is 2.86. The minimum absolute atomic E-state index is 0.0124. The molecule has 0 aliphatic heterocycles. The van der Waals surface area contributed by atoms with Crippen LogP contribution in [0.25, 0.3) is 22.4 Å². The summed E-state index contributed by atoms with van der Waals surface area (Å²) in [4.78, 5) is 38.3. The van der Waals surface area contributed by atoms with Crippen LogP contribution in [0.4, 0.5) is 0 Å². The molecule has 0 atom stereocenters. The molecule has 0 fully saturated rings. The summed E-state index contributed by atoms with van der Waals surface area (Å²) >= 11 is 12.1. The van der Waals surface area contributed by atoms with E-state index in [0.29, 0.717) is 38.0 Å². The highest BCUT2D eigenvalue weighted by molar-refractivity contribution is 6.31. The molecule has 0 radical (unpaired) electrons. The molecule has 4 aromatic rings. The van der Waals surface area contributed by atoms with Crippen LogP contribution in [0, 0.1) is 0 Å². The topological polar surface area (TPSA) is 78.3 Å². The van der Waals surface area contributed by atoms with Gasteiger partial charge < -0.3 is 4.74 Å². The van der Waals surface area contributed by atoms with Gasteiger partial charge in [0.25, 0.3) is 5.56 Å². The first kappa shape index (κ1) is 24.4. The van der Waals surface area contributed by atoms with E-state index >= 15 is 0 Å². The van der Waals surface area contributed by atoms with E-state index in [1.54, 1.807) is 78.9 Å². The lowest BCUT2D eigenvalue weighted by Gasteiger charge is -2.16. The second-order valence-electron chi connectivity index (χ2n) is 7.70. The number of hydrogen-bond donors (Lipinski definition) is 0. The Labute approximate surface area is 211 Å². The minimum atomic E-state index is -0.573. The van der Waals surface area contributed by atoms with Gasteiger partial charge in [0.2, 0.25) is 0 Å². The zero-order valence-corrected chi connectivity index (χ0v) is 20.2. The lowest BCUT2D eigenvalue weighted by Crippen LogP contribution is -2.31. The Kier molecular flexibility index (Phi) is 7.44. The first-order valence-corrected chi connectivity index (χ1v) is 11.5. The number of esters is 1. The molecule has 35 heavy (non-hydrogen) atoms. The number of halogens is 2. The van der Waals surface area contributed by atoms with Crippen molar-refractivity contribution in [2.24, 2.45) is 0 Å². The molecule has 0 amide bonds. The molecule has 1 aromatic heterocycles. The Morgan fingerprint density at radius 2 is 1.43 bits per heavy atom. The van der Waals surface area contributed by atoms with E-state index in [0.717, 1.165) is 4.68 Å². The number of benzene rings is 3. The number of nitrogens with zero attached hydrogens (tertiary/aromatic N) is 2. The Hall–Kier alpha value is -3.74. The molecule has 0 spiro atoms. The van der Waals surface area contributed by atoms with Crippen molar-refractivity contribution >= 4 is 35.0 Å². The number of ketones is 1. The zero-order valence-electron chi connectivity index (χ0n) is 18.7. The van der Waals surface area contributed by atoms with Crippen molar-refractivity contribution in [1.82, 2.24) is 9.78 Å². The summed E-state index contributed by atoms with van der Waals surface area (Å²) in [6, 6.07) is 22.3. The van der Waals surface area contributed by atoms with Crippen molar-refractivity contribution in [3.63, 3.8) is 0 Å². The van der Waals surface area contributed by atoms with Crippen LogP contribution >= 0.6 is 23.2 Å². The Bertz CT molecular complexity index is 1430. The van der Waals surface area contributed by atoms with Gasteiger partial charge in [-0.25, -0.2) is 9.48 Å².